The fourth-order valence-electron chi connectivity index (χ4n) is 1.49. The highest BCUT2D eigenvalue weighted by atomic mass is 35.5. The van der Waals surface area contributed by atoms with Crippen molar-refractivity contribution in [2.24, 2.45) is 5.14 Å². The van der Waals surface area contributed by atoms with Crippen LogP contribution < -0.4 is 15.2 Å². The van der Waals surface area contributed by atoms with E-state index < -0.39 is 10.0 Å². The Morgan fingerprint density at radius 3 is 2.82 bits per heavy atom. The molecule has 2 rings (SSSR count). The molecule has 0 spiro atoms. The number of hydrogen-bond acceptors (Lipinski definition) is 5. The van der Waals surface area contributed by atoms with Gasteiger partial charge in [-0.1, -0.05) is 18.5 Å². The molecule has 0 aromatic heterocycles. The topological polar surface area (TPSA) is 84.2 Å². The summed E-state index contributed by atoms with van der Waals surface area (Å²) in [5, 5.41) is 8.43. The molecule has 1 aromatic rings. The lowest BCUT2D eigenvalue weighted by atomic mass is 10.3. The molecule has 0 amide bonds. The van der Waals surface area contributed by atoms with Crippen LogP contribution in [-0.2, 0) is 10.0 Å². The minimum Gasteiger partial charge on any atom is -0.368 e. The zero-order chi connectivity index (χ0) is 12.6. The Morgan fingerprint density at radius 2 is 2.24 bits per heavy atom. The molecule has 1 aliphatic heterocycles. The zero-order valence-electron chi connectivity index (χ0n) is 9.03. The molecule has 94 valence electrons. The van der Waals surface area contributed by atoms with Crippen LogP contribution in [0.5, 0.6) is 0 Å². The Labute approximate surface area is 109 Å². The molecule has 8 heteroatoms. The van der Waals surface area contributed by atoms with Crippen molar-refractivity contribution >= 4 is 39.3 Å². The Hall–Kier alpha value is -0.470. The smallest absolute Gasteiger partial charge is 0.239 e. The Kier molecular flexibility index (Phi) is 3.55. The summed E-state index contributed by atoms with van der Waals surface area (Å²) in [5.41, 5.74) is 0.818. The van der Waals surface area contributed by atoms with E-state index in [1.807, 2.05) is 6.92 Å². The van der Waals surface area contributed by atoms with Gasteiger partial charge < -0.3 is 5.32 Å². The first-order chi connectivity index (χ1) is 7.91. The Balaban J connectivity index is 2.46. The average molecular weight is 294 g/mol. The van der Waals surface area contributed by atoms with Gasteiger partial charge in [0, 0.05) is 4.90 Å². The van der Waals surface area contributed by atoms with E-state index in [1.165, 1.54) is 18.0 Å². The molecule has 17 heavy (non-hydrogen) atoms. The van der Waals surface area contributed by atoms with E-state index in [0.29, 0.717) is 0 Å². The van der Waals surface area contributed by atoms with Crippen LogP contribution in [-0.4, -0.2) is 14.6 Å². The normalized spacial score (nSPS) is 19.6. The molecule has 0 radical (unpaired) electrons. The lowest BCUT2D eigenvalue weighted by molar-refractivity contribution is 0.597. The first kappa shape index (κ1) is 13.0. The fraction of sp³-hybridized carbons (Fsp3) is 0.333. The van der Waals surface area contributed by atoms with Crippen LogP contribution in [0.3, 0.4) is 0 Å². The van der Waals surface area contributed by atoms with Gasteiger partial charge in [0.15, 0.2) is 0 Å². The van der Waals surface area contributed by atoms with Gasteiger partial charge in [0.25, 0.3) is 0 Å². The van der Waals surface area contributed by atoms with Gasteiger partial charge in [0.2, 0.25) is 10.0 Å². The number of halogens is 1. The third-order valence-electron chi connectivity index (χ3n) is 2.39. The third kappa shape index (κ3) is 2.69. The highest BCUT2D eigenvalue weighted by Crippen LogP contribution is 2.36. The van der Waals surface area contributed by atoms with Crippen LogP contribution in [0.4, 0.5) is 5.69 Å². The van der Waals surface area contributed by atoms with Gasteiger partial charge in [-0.3, -0.25) is 0 Å². The predicted octanol–water partition coefficient (Wildman–Crippen LogP) is 1.75. The molecule has 5 nitrogen and oxygen atoms in total. The largest absolute Gasteiger partial charge is 0.368 e. The number of benzene rings is 1. The molecule has 1 heterocycles. The molecule has 1 aliphatic rings. The predicted molar refractivity (Wildman–Crippen MR) is 69.5 cm³/mol. The maximum absolute atomic E-state index is 11.3. The van der Waals surface area contributed by atoms with E-state index in [2.05, 4.69) is 10.0 Å². The Morgan fingerprint density at radius 1 is 1.53 bits per heavy atom. The number of primary sulfonamides is 1. The second-order valence-electron chi connectivity index (χ2n) is 3.65. The van der Waals surface area contributed by atoms with E-state index >= 15 is 0 Å². The molecule has 1 unspecified atom stereocenters. The molecular formula is C9H12ClN3O2S2. The van der Waals surface area contributed by atoms with Gasteiger partial charge >= 0.3 is 0 Å². The van der Waals surface area contributed by atoms with Crippen LogP contribution in [0.15, 0.2) is 21.9 Å². The zero-order valence-corrected chi connectivity index (χ0v) is 11.4. The molecule has 0 fully saturated rings. The summed E-state index contributed by atoms with van der Waals surface area (Å²) in [7, 11) is -3.79. The van der Waals surface area contributed by atoms with Crippen molar-refractivity contribution < 1.29 is 8.42 Å². The number of fused-ring (bicyclic) bond motifs is 1. The molecule has 0 bridgehead atoms. The quantitative estimate of drug-likeness (QED) is 0.724. The first-order valence-electron chi connectivity index (χ1n) is 4.97. The fourth-order valence-corrected chi connectivity index (χ4v) is 3.56. The van der Waals surface area contributed by atoms with Gasteiger partial charge in [-0.25, -0.2) is 18.3 Å². The summed E-state index contributed by atoms with van der Waals surface area (Å²) in [6, 6.07) is 3.07. The number of nitrogens with one attached hydrogen (secondary N) is 2. The van der Waals surface area contributed by atoms with Gasteiger partial charge in [-0.2, -0.15) is 0 Å². The summed E-state index contributed by atoms with van der Waals surface area (Å²) < 4.78 is 25.8. The number of hydrogen-bond donors (Lipinski definition) is 3. The van der Waals surface area contributed by atoms with Gasteiger partial charge in [0.05, 0.1) is 16.9 Å². The minimum absolute atomic E-state index is 0.0519. The average Bonchev–Trinajstić information content (AvgIpc) is 2.25. The molecule has 1 aromatic carbocycles. The molecule has 0 saturated heterocycles. The van der Waals surface area contributed by atoms with E-state index in [4.69, 9.17) is 16.7 Å². The van der Waals surface area contributed by atoms with Crippen molar-refractivity contribution in [1.29, 1.82) is 0 Å². The van der Waals surface area contributed by atoms with Crippen LogP contribution >= 0.6 is 23.5 Å². The van der Waals surface area contributed by atoms with E-state index in [9.17, 15) is 8.42 Å². The number of anilines is 1. The summed E-state index contributed by atoms with van der Waals surface area (Å²) >= 11 is 7.28. The summed E-state index contributed by atoms with van der Waals surface area (Å²) in [4.78, 5) is 0.715. The lowest BCUT2D eigenvalue weighted by Crippen LogP contribution is -2.34. The first-order valence-corrected chi connectivity index (χ1v) is 7.71. The second kappa shape index (κ2) is 4.66. The summed E-state index contributed by atoms with van der Waals surface area (Å²) in [5.74, 6) is 0. The van der Waals surface area contributed by atoms with Crippen molar-refractivity contribution in [2.75, 3.05) is 5.32 Å². The van der Waals surface area contributed by atoms with Crippen molar-refractivity contribution in [3.05, 3.63) is 17.2 Å². The van der Waals surface area contributed by atoms with Crippen LogP contribution in [0, 0.1) is 0 Å². The maximum atomic E-state index is 11.3. The van der Waals surface area contributed by atoms with Gasteiger partial charge in [-0.15, -0.1) is 0 Å². The summed E-state index contributed by atoms with van der Waals surface area (Å²) in [6.45, 7) is 2.04. The van der Waals surface area contributed by atoms with Crippen molar-refractivity contribution in [3.8, 4) is 0 Å². The van der Waals surface area contributed by atoms with Crippen LogP contribution in [0.2, 0.25) is 5.02 Å². The standard InChI is InChI=1S/C9H12ClN3O2S2/c1-2-9-12-6-3-5(10)8(17(11,14)15)4-7(6)16-13-9/h3-4,9,12-13H,2H2,1H3,(H2,11,14,15). The Bertz CT molecular complexity index is 547. The number of nitrogens with two attached hydrogens (primary N) is 1. The molecule has 0 saturated carbocycles. The monoisotopic (exact) mass is 293 g/mol. The molecule has 0 aliphatic carbocycles. The van der Waals surface area contributed by atoms with Crippen molar-refractivity contribution in [1.82, 2.24) is 4.72 Å². The number of sulfonamides is 1. The van der Waals surface area contributed by atoms with E-state index in [1.54, 1.807) is 6.07 Å². The van der Waals surface area contributed by atoms with Gasteiger partial charge in [-0.05, 0) is 30.5 Å². The van der Waals surface area contributed by atoms with Gasteiger partial charge in [0.1, 0.15) is 4.90 Å². The van der Waals surface area contributed by atoms with E-state index in [0.717, 1.165) is 17.0 Å². The van der Waals surface area contributed by atoms with Crippen LogP contribution in [0.25, 0.3) is 0 Å². The van der Waals surface area contributed by atoms with Crippen LogP contribution in [0.1, 0.15) is 13.3 Å². The van der Waals surface area contributed by atoms with Crippen molar-refractivity contribution in [2.45, 2.75) is 29.3 Å². The van der Waals surface area contributed by atoms with Crippen molar-refractivity contribution in [3.63, 3.8) is 0 Å². The molecular weight excluding hydrogens is 282 g/mol. The van der Waals surface area contributed by atoms with E-state index in [-0.39, 0.29) is 16.1 Å². The third-order valence-corrected chi connectivity index (χ3v) is 4.73. The second-order valence-corrected chi connectivity index (χ2v) is 6.47. The molecule has 1 atom stereocenters. The summed E-state index contributed by atoms with van der Waals surface area (Å²) in [6.07, 6.45) is 1.05. The maximum Gasteiger partial charge on any atom is 0.239 e. The highest BCUT2D eigenvalue weighted by Gasteiger charge is 2.21. The SMILES string of the molecule is CCC1NSc2cc(S(N)(=O)=O)c(Cl)cc2N1. The molecule has 4 N–H and O–H groups in total. The lowest BCUT2D eigenvalue weighted by Gasteiger charge is -2.27. The number of rotatable bonds is 2. The highest BCUT2D eigenvalue weighted by molar-refractivity contribution is 7.97. The minimum atomic E-state index is -3.79.